The fourth-order valence-electron chi connectivity index (χ4n) is 1.47. The molecule has 1 rings (SSSR count). The average Bonchev–Trinajstić information content (AvgIpc) is 2.35. The minimum absolute atomic E-state index is 0.00502. The Morgan fingerprint density at radius 2 is 1.80 bits per heavy atom. The van der Waals surface area contributed by atoms with Crippen molar-refractivity contribution in [2.75, 3.05) is 0 Å². The van der Waals surface area contributed by atoms with Crippen molar-refractivity contribution in [1.82, 2.24) is 0 Å². The van der Waals surface area contributed by atoms with Crippen LogP contribution in [0, 0.1) is 11.3 Å². The third-order valence-corrected chi connectivity index (χ3v) is 8.18. The van der Waals surface area contributed by atoms with Crippen LogP contribution in [0.4, 0.5) is 0 Å². The highest BCUT2D eigenvalue weighted by atomic mass is 28.4. The molecular formula is C16H23NO2Si. The number of nitrogens with zero attached hydrogens (tertiary/aromatic N) is 1. The molecule has 0 radical (unpaired) electrons. The second-order valence-corrected chi connectivity index (χ2v) is 11.2. The van der Waals surface area contributed by atoms with E-state index in [1.54, 1.807) is 12.1 Å². The Bertz CT molecular complexity index is 507. The minimum atomic E-state index is -1.84. The molecule has 0 spiro atoms. The van der Waals surface area contributed by atoms with Gasteiger partial charge in [-0.3, -0.25) is 4.79 Å². The van der Waals surface area contributed by atoms with E-state index in [-0.39, 0.29) is 23.7 Å². The lowest BCUT2D eigenvalue weighted by molar-refractivity contribution is 0.0984. The van der Waals surface area contributed by atoms with E-state index in [0.717, 1.165) is 5.75 Å². The molecule has 0 saturated carbocycles. The van der Waals surface area contributed by atoms with Crippen LogP contribution in [0.5, 0.6) is 5.75 Å². The highest BCUT2D eigenvalue weighted by molar-refractivity contribution is 6.74. The first-order valence-corrected chi connectivity index (χ1v) is 9.77. The Kier molecular flexibility index (Phi) is 5.13. The van der Waals surface area contributed by atoms with Gasteiger partial charge in [-0.25, -0.2) is 0 Å². The summed E-state index contributed by atoms with van der Waals surface area (Å²) in [4.78, 5) is 11.8. The largest absolute Gasteiger partial charge is 0.544 e. The highest BCUT2D eigenvalue weighted by Crippen LogP contribution is 2.37. The van der Waals surface area contributed by atoms with Crippen LogP contribution in [0.2, 0.25) is 18.1 Å². The van der Waals surface area contributed by atoms with Gasteiger partial charge in [0.15, 0.2) is 5.78 Å². The molecule has 20 heavy (non-hydrogen) atoms. The first-order chi connectivity index (χ1) is 9.17. The zero-order chi connectivity index (χ0) is 15.4. The lowest BCUT2D eigenvalue weighted by Gasteiger charge is -2.36. The standard InChI is InChI=1S/C16H23NO2Si/c1-16(2,3)20(4,5)19-14-10-8-13(9-11-14)15(18)7-6-12-17/h8-11H,6-7H2,1-5H3. The molecule has 0 fully saturated rings. The maximum absolute atomic E-state index is 11.8. The number of hydrogen-bond donors (Lipinski definition) is 0. The second-order valence-electron chi connectivity index (χ2n) is 6.47. The van der Waals surface area contributed by atoms with Gasteiger partial charge in [0.05, 0.1) is 6.07 Å². The fraction of sp³-hybridized carbons (Fsp3) is 0.500. The Morgan fingerprint density at radius 1 is 1.25 bits per heavy atom. The Hall–Kier alpha value is -1.60. The number of ketones is 1. The van der Waals surface area contributed by atoms with Gasteiger partial charge in [0, 0.05) is 18.4 Å². The third-order valence-electron chi connectivity index (χ3n) is 3.82. The van der Waals surface area contributed by atoms with Crippen molar-refractivity contribution in [2.24, 2.45) is 0 Å². The van der Waals surface area contributed by atoms with E-state index in [0.29, 0.717) is 5.56 Å². The second kappa shape index (κ2) is 6.23. The van der Waals surface area contributed by atoms with Gasteiger partial charge >= 0.3 is 0 Å². The van der Waals surface area contributed by atoms with E-state index in [2.05, 4.69) is 33.9 Å². The summed E-state index contributed by atoms with van der Waals surface area (Å²) in [5.74, 6) is 0.818. The molecule has 0 aliphatic rings. The summed E-state index contributed by atoms with van der Waals surface area (Å²) in [5, 5.41) is 8.64. The minimum Gasteiger partial charge on any atom is -0.544 e. The number of benzene rings is 1. The number of rotatable bonds is 5. The molecule has 1 aromatic rings. The Balaban J connectivity index is 2.78. The van der Waals surface area contributed by atoms with Gasteiger partial charge in [-0.15, -0.1) is 0 Å². The van der Waals surface area contributed by atoms with Gasteiger partial charge in [0.25, 0.3) is 0 Å². The molecule has 0 saturated heterocycles. The van der Waals surface area contributed by atoms with Gasteiger partial charge in [-0.2, -0.15) is 5.26 Å². The van der Waals surface area contributed by atoms with E-state index >= 15 is 0 Å². The summed E-state index contributed by atoms with van der Waals surface area (Å²) in [6, 6.07) is 9.24. The SMILES string of the molecule is CC(C)(C)[Si](C)(C)Oc1ccc(C(=O)CCC#N)cc1. The van der Waals surface area contributed by atoms with Crippen LogP contribution in [0.25, 0.3) is 0 Å². The molecule has 0 amide bonds. The van der Waals surface area contributed by atoms with Crippen LogP contribution in [-0.2, 0) is 0 Å². The van der Waals surface area contributed by atoms with E-state index in [1.807, 2.05) is 18.2 Å². The lowest BCUT2D eigenvalue weighted by Crippen LogP contribution is -2.43. The summed E-state index contributed by atoms with van der Waals surface area (Å²) < 4.78 is 6.16. The summed E-state index contributed by atoms with van der Waals surface area (Å²) in [6.45, 7) is 11.0. The molecule has 1 aromatic carbocycles. The molecule has 0 aliphatic heterocycles. The molecule has 108 valence electrons. The maximum Gasteiger partial charge on any atom is 0.250 e. The number of Topliss-reactive ketones (excluding diaryl/α,β-unsaturated/α-hetero) is 1. The van der Waals surface area contributed by atoms with Crippen molar-refractivity contribution >= 4 is 14.1 Å². The molecule has 0 unspecified atom stereocenters. The van der Waals surface area contributed by atoms with E-state index in [4.69, 9.17) is 9.69 Å². The van der Waals surface area contributed by atoms with Crippen molar-refractivity contribution in [3.8, 4) is 11.8 Å². The van der Waals surface area contributed by atoms with Crippen molar-refractivity contribution < 1.29 is 9.22 Å². The van der Waals surface area contributed by atoms with Crippen LogP contribution < -0.4 is 4.43 Å². The maximum atomic E-state index is 11.8. The predicted molar refractivity (Wildman–Crippen MR) is 83.4 cm³/mol. The average molecular weight is 289 g/mol. The lowest BCUT2D eigenvalue weighted by atomic mass is 10.1. The van der Waals surface area contributed by atoms with Gasteiger partial charge in [0.2, 0.25) is 8.32 Å². The first-order valence-electron chi connectivity index (χ1n) is 6.86. The van der Waals surface area contributed by atoms with Crippen molar-refractivity contribution in [2.45, 2.75) is 51.7 Å². The van der Waals surface area contributed by atoms with E-state index < -0.39 is 8.32 Å². The van der Waals surface area contributed by atoms with Crippen LogP contribution in [0.15, 0.2) is 24.3 Å². The Morgan fingerprint density at radius 3 is 2.25 bits per heavy atom. The summed E-state index contributed by atoms with van der Waals surface area (Å²) in [6.07, 6.45) is 0.542. The molecule has 0 aromatic heterocycles. The van der Waals surface area contributed by atoms with Gasteiger partial charge in [0.1, 0.15) is 5.75 Å². The molecule has 4 heteroatoms. The molecule has 0 bridgehead atoms. The van der Waals surface area contributed by atoms with Crippen LogP contribution in [0.3, 0.4) is 0 Å². The van der Waals surface area contributed by atoms with Gasteiger partial charge in [-0.1, -0.05) is 20.8 Å². The van der Waals surface area contributed by atoms with Crippen LogP contribution in [-0.4, -0.2) is 14.1 Å². The Labute approximate surface area is 122 Å². The summed E-state index contributed by atoms with van der Waals surface area (Å²) in [7, 11) is -1.84. The topological polar surface area (TPSA) is 50.1 Å². The molecule has 0 atom stereocenters. The monoisotopic (exact) mass is 289 g/mol. The zero-order valence-electron chi connectivity index (χ0n) is 13.0. The van der Waals surface area contributed by atoms with E-state index in [1.165, 1.54) is 0 Å². The summed E-state index contributed by atoms with van der Waals surface area (Å²) in [5.41, 5.74) is 0.642. The molecule has 0 N–H and O–H groups in total. The first kappa shape index (κ1) is 16.5. The normalized spacial score (nSPS) is 11.8. The molecule has 3 nitrogen and oxygen atoms in total. The van der Waals surface area contributed by atoms with E-state index in [9.17, 15) is 4.79 Å². The smallest absolute Gasteiger partial charge is 0.250 e. The molecular weight excluding hydrogens is 266 g/mol. The quantitative estimate of drug-likeness (QED) is 0.590. The number of carbonyl (C=O) groups excluding carboxylic acids is 1. The van der Waals surface area contributed by atoms with Crippen molar-refractivity contribution in [3.05, 3.63) is 29.8 Å². The highest BCUT2D eigenvalue weighted by Gasteiger charge is 2.38. The molecule has 0 aliphatic carbocycles. The van der Waals surface area contributed by atoms with Crippen molar-refractivity contribution in [1.29, 1.82) is 5.26 Å². The van der Waals surface area contributed by atoms with Crippen molar-refractivity contribution in [3.63, 3.8) is 0 Å². The van der Waals surface area contributed by atoms with Gasteiger partial charge in [-0.05, 0) is 42.4 Å². The van der Waals surface area contributed by atoms with Crippen LogP contribution in [0.1, 0.15) is 44.0 Å². The van der Waals surface area contributed by atoms with Crippen LogP contribution >= 0.6 is 0 Å². The number of carbonyl (C=O) groups is 1. The number of nitriles is 1. The zero-order valence-corrected chi connectivity index (χ0v) is 14.0. The number of hydrogen-bond acceptors (Lipinski definition) is 3. The third kappa shape index (κ3) is 4.21. The predicted octanol–water partition coefficient (Wildman–Crippen LogP) is 4.56. The summed E-state index contributed by atoms with van der Waals surface area (Å²) >= 11 is 0. The van der Waals surface area contributed by atoms with Gasteiger partial charge < -0.3 is 4.43 Å². The molecule has 0 heterocycles. The fourth-order valence-corrected chi connectivity index (χ4v) is 2.50.